The Bertz CT molecular complexity index is 1180. The first-order chi connectivity index (χ1) is 14.9. The van der Waals surface area contributed by atoms with E-state index in [4.69, 9.17) is 0 Å². The highest BCUT2D eigenvalue weighted by atomic mass is 19.2. The van der Waals surface area contributed by atoms with Crippen LogP contribution < -0.4 is 21.1 Å². The summed E-state index contributed by atoms with van der Waals surface area (Å²) in [5.41, 5.74) is -5.70. The molecule has 11 heteroatoms. The van der Waals surface area contributed by atoms with Gasteiger partial charge in [-0.25, -0.2) is 39.5 Å². The molecule has 0 fully saturated rings. The Morgan fingerprint density at radius 2 is 0.875 bits per heavy atom. The van der Waals surface area contributed by atoms with Crippen molar-refractivity contribution < 1.29 is 44.3 Å². The largest absolute Gasteiger partial charge is 0.491 e. The van der Waals surface area contributed by atoms with Gasteiger partial charge in [-0.3, -0.25) is 0 Å². The Labute approximate surface area is 176 Å². The summed E-state index contributed by atoms with van der Waals surface area (Å²) in [5.74, 6) is -16.0. The Hall–Kier alpha value is -3.11. The lowest BCUT2D eigenvalue weighted by Gasteiger charge is -2.22. The van der Waals surface area contributed by atoms with Gasteiger partial charge in [0, 0.05) is 45.7 Å². The molecule has 3 rings (SSSR count). The maximum atomic E-state index is 15.1. The number of methoxy groups -OCH3 is 1. The minimum atomic E-state index is -2.58. The summed E-state index contributed by atoms with van der Waals surface area (Å²) in [4.78, 5) is 0. The fourth-order valence-electron chi connectivity index (χ4n) is 3.42. The van der Waals surface area contributed by atoms with Crippen molar-refractivity contribution in [1.29, 1.82) is 0 Å². The lowest BCUT2D eigenvalue weighted by atomic mass is 9.35. The number of ether oxygens (including phenoxy) is 1. The van der Waals surface area contributed by atoms with Crippen LogP contribution in [0, 0.1) is 66.2 Å². The number of hydrogen-bond donors (Lipinski definition) is 0. The van der Waals surface area contributed by atoms with Crippen LogP contribution in [0.5, 0.6) is 5.75 Å². The quantitative estimate of drug-likeness (QED) is 0.420. The van der Waals surface area contributed by atoms with Crippen LogP contribution in [0.1, 0.15) is 11.1 Å². The van der Waals surface area contributed by atoms with Crippen molar-refractivity contribution in [3.8, 4) is 5.75 Å². The molecule has 0 heterocycles. The molecule has 0 N–H and O–H groups in total. The van der Waals surface area contributed by atoms with Crippen molar-refractivity contribution in [1.82, 2.24) is 0 Å². The molecule has 0 radical (unpaired) electrons. The van der Waals surface area contributed by atoms with Crippen molar-refractivity contribution >= 4 is 23.1 Å². The topological polar surface area (TPSA) is 9.23 Å². The van der Waals surface area contributed by atoms with Gasteiger partial charge in [0.25, 0.3) is 6.71 Å². The molecule has 0 saturated heterocycles. The summed E-state index contributed by atoms with van der Waals surface area (Å²) in [6, 6.07) is 0.398. The third-order valence-electron chi connectivity index (χ3n) is 5.10. The molecule has 0 aliphatic carbocycles. The van der Waals surface area contributed by atoms with Crippen LogP contribution in [0.4, 0.5) is 39.5 Å². The minimum Gasteiger partial charge on any atom is -0.491 e. The first kappa shape index (κ1) is 23.6. The summed E-state index contributed by atoms with van der Waals surface area (Å²) in [7, 11) is 0.796. The Kier molecular flexibility index (Phi) is 6.21. The van der Waals surface area contributed by atoms with E-state index in [1.54, 1.807) is 0 Å². The van der Waals surface area contributed by atoms with Gasteiger partial charge in [0.05, 0.1) is 7.11 Å². The molecule has 3 aromatic rings. The van der Waals surface area contributed by atoms with E-state index in [0.717, 1.165) is 21.0 Å². The van der Waals surface area contributed by atoms with Gasteiger partial charge in [0.1, 0.15) is 40.7 Å². The van der Waals surface area contributed by atoms with Gasteiger partial charge >= 0.3 is 0 Å². The van der Waals surface area contributed by atoms with Gasteiger partial charge in [-0.15, -0.1) is 0 Å². The van der Waals surface area contributed by atoms with Crippen molar-refractivity contribution in [2.45, 2.75) is 13.8 Å². The van der Waals surface area contributed by atoms with E-state index in [-0.39, 0.29) is 18.2 Å². The molecular weight excluding hydrogens is 450 g/mol. The van der Waals surface area contributed by atoms with Gasteiger partial charge in [0.2, 0.25) is 0 Å². The second-order valence-electron chi connectivity index (χ2n) is 6.92. The van der Waals surface area contributed by atoms with Crippen molar-refractivity contribution in [2.24, 2.45) is 0 Å². The fourth-order valence-corrected chi connectivity index (χ4v) is 3.42. The Balaban J connectivity index is 2.57. The standard InChI is InChI=1S/C21H12BF9O/c1-7-9(23)4-11(25)15(18(7)29)22(16-12(26)5-10(24)8(2)19(16)30)17-13(27)6-14(28)21(32-3)20(17)31/h4-6H,1-3H3. The van der Waals surface area contributed by atoms with E-state index in [1.165, 1.54) is 0 Å². The summed E-state index contributed by atoms with van der Waals surface area (Å²) in [5, 5.41) is 0. The van der Waals surface area contributed by atoms with Crippen LogP contribution in [-0.4, -0.2) is 13.8 Å². The van der Waals surface area contributed by atoms with Crippen LogP contribution in [0.15, 0.2) is 18.2 Å². The van der Waals surface area contributed by atoms with Crippen LogP contribution in [-0.2, 0) is 0 Å². The van der Waals surface area contributed by atoms with Gasteiger partial charge in [-0.05, 0) is 13.8 Å². The number of halogens is 9. The fraction of sp³-hybridized carbons (Fsp3) is 0.143. The average Bonchev–Trinajstić information content (AvgIpc) is 2.70. The lowest BCUT2D eigenvalue weighted by molar-refractivity contribution is 0.358. The number of benzene rings is 3. The summed E-state index contributed by atoms with van der Waals surface area (Å²) in [6.07, 6.45) is 0. The molecule has 0 spiro atoms. The first-order valence-electron chi connectivity index (χ1n) is 8.91. The molecule has 0 unspecified atom stereocenters. The van der Waals surface area contributed by atoms with Crippen LogP contribution in [0.25, 0.3) is 0 Å². The highest BCUT2D eigenvalue weighted by Crippen LogP contribution is 2.24. The molecule has 0 saturated carbocycles. The van der Waals surface area contributed by atoms with E-state index < -0.39 is 92.3 Å². The lowest BCUT2D eigenvalue weighted by Crippen LogP contribution is -2.59. The molecule has 1 nitrogen and oxygen atoms in total. The molecule has 0 amide bonds. The number of rotatable bonds is 4. The zero-order valence-electron chi connectivity index (χ0n) is 16.6. The summed E-state index contributed by atoms with van der Waals surface area (Å²) < 4.78 is 135. The van der Waals surface area contributed by atoms with Crippen LogP contribution in [0.3, 0.4) is 0 Å². The second kappa shape index (κ2) is 8.44. The molecule has 3 aromatic carbocycles. The third kappa shape index (κ3) is 3.59. The zero-order valence-corrected chi connectivity index (χ0v) is 16.6. The molecule has 0 aliphatic rings. The van der Waals surface area contributed by atoms with Crippen molar-refractivity contribution in [3.05, 3.63) is 81.7 Å². The molecule has 32 heavy (non-hydrogen) atoms. The van der Waals surface area contributed by atoms with E-state index in [1.807, 2.05) is 0 Å². The van der Waals surface area contributed by atoms with Gasteiger partial charge in [-0.1, -0.05) is 0 Å². The minimum absolute atomic E-state index is 0.0859. The Morgan fingerprint density at radius 1 is 0.531 bits per heavy atom. The predicted molar refractivity (Wildman–Crippen MR) is 99.6 cm³/mol. The molecule has 168 valence electrons. The second-order valence-corrected chi connectivity index (χ2v) is 6.92. The zero-order chi connectivity index (χ0) is 24.1. The summed E-state index contributed by atoms with van der Waals surface area (Å²) in [6.45, 7) is -0.876. The normalized spacial score (nSPS) is 11.1. The smallest absolute Gasteiger partial charge is 0.264 e. The van der Waals surface area contributed by atoms with E-state index in [2.05, 4.69) is 4.74 Å². The molecule has 0 aliphatic heterocycles. The monoisotopic (exact) mass is 462 g/mol. The van der Waals surface area contributed by atoms with Gasteiger partial charge in [0.15, 0.2) is 17.4 Å². The van der Waals surface area contributed by atoms with Crippen molar-refractivity contribution in [2.75, 3.05) is 7.11 Å². The molecule has 0 bridgehead atoms. The number of hydrogen-bond acceptors (Lipinski definition) is 1. The average molecular weight is 462 g/mol. The third-order valence-corrected chi connectivity index (χ3v) is 5.10. The molecular formula is C21H12BF9O. The SMILES string of the molecule is COc1c(F)cc(F)c(B(c2c(F)cc(F)c(C)c2F)c2c(F)cc(F)c(C)c2F)c1F. The van der Waals surface area contributed by atoms with Crippen molar-refractivity contribution in [3.63, 3.8) is 0 Å². The highest BCUT2D eigenvalue weighted by Gasteiger charge is 2.40. The maximum absolute atomic E-state index is 15.1. The van der Waals surface area contributed by atoms with Gasteiger partial charge in [-0.2, -0.15) is 0 Å². The summed E-state index contributed by atoms with van der Waals surface area (Å²) >= 11 is 0. The van der Waals surface area contributed by atoms with E-state index in [9.17, 15) is 35.1 Å². The Morgan fingerprint density at radius 3 is 1.25 bits per heavy atom. The predicted octanol–water partition coefficient (Wildman–Crippen LogP) is 4.08. The van der Waals surface area contributed by atoms with E-state index in [0.29, 0.717) is 0 Å². The highest BCUT2D eigenvalue weighted by molar-refractivity contribution is 6.95. The molecule has 0 aromatic heterocycles. The first-order valence-corrected chi connectivity index (χ1v) is 8.91. The maximum Gasteiger partial charge on any atom is 0.264 e. The van der Waals surface area contributed by atoms with Crippen LogP contribution in [0.2, 0.25) is 0 Å². The van der Waals surface area contributed by atoms with Crippen LogP contribution >= 0.6 is 0 Å². The van der Waals surface area contributed by atoms with E-state index >= 15 is 4.39 Å². The molecule has 0 atom stereocenters. The van der Waals surface area contributed by atoms with Gasteiger partial charge < -0.3 is 4.74 Å².